The Hall–Kier alpha value is -1.88. The molecule has 3 heterocycles. The third-order valence-corrected chi connectivity index (χ3v) is 8.13. The van der Waals surface area contributed by atoms with Gasteiger partial charge in [-0.15, -0.1) is 0 Å². The summed E-state index contributed by atoms with van der Waals surface area (Å²) < 4.78 is 59.8. The zero-order chi connectivity index (χ0) is 20.3. The largest absolute Gasteiger partial charge is 0.370 e. The first kappa shape index (κ1) is 19.1. The van der Waals surface area contributed by atoms with Crippen LogP contribution in [0.3, 0.4) is 0 Å². The Bertz CT molecular complexity index is 1050. The van der Waals surface area contributed by atoms with Gasteiger partial charge in [-0.25, -0.2) is 17.2 Å². The fourth-order valence-electron chi connectivity index (χ4n) is 4.29. The number of hydrogen-bond donors (Lipinski definition) is 1. The van der Waals surface area contributed by atoms with Crippen molar-refractivity contribution in [1.29, 1.82) is 0 Å². The first-order valence-corrected chi connectivity index (χ1v) is 11.2. The SMILES string of the molecule is N[C@H]1C[C@@H](N2Cc3cnn(S(=O)(=O)C4CC4)c3C2)CO[C@@H]1c1cc(F)ccc1F. The van der Waals surface area contributed by atoms with E-state index < -0.39 is 33.8 Å². The number of nitrogens with zero attached hydrogens (tertiary/aromatic N) is 3. The average Bonchev–Trinajstić information content (AvgIpc) is 3.35. The minimum Gasteiger partial charge on any atom is -0.370 e. The summed E-state index contributed by atoms with van der Waals surface area (Å²) in [4.78, 5) is 2.11. The molecule has 0 bridgehead atoms. The van der Waals surface area contributed by atoms with E-state index in [0.717, 1.165) is 23.8 Å². The van der Waals surface area contributed by atoms with Crippen molar-refractivity contribution in [2.75, 3.05) is 6.61 Å². The second-order valence-corrected chi connectivity index (χ2v) is 10.1. The monoisotopic (exact) mass is 424 g/mol. The second kappa shape index (κ2) is 6.83. The molecule has 1 saturated heterocycles. The Morgan fingerprint density at radius 2 is 2.00 bits per heavy atom. The van der Waals surface area contributed by atoms with Crippen molar-refractivity contribution in [2.24, 2.45) is 5.73 Å². The highest BCUT2D eigenvalue weighted by molar-refractivity contribution is 7.90. The number of nitrogens with two attached hydrogens (primary N) is 1. The Kier molecular flexibility index (Phi) is 4.50. The maximum absolute atomic E-state index is 14.1. The van der Waals surface area contributed by atoms with Crippen LogP contribution in [0, 0.1) is 11.6 Å². The lowest BCUT2D eigenvalue weighted by Crippen LogP contribution is -2.48. The quantitative estimate of drug-likeness (QED) is 0.803. The van der Waals surface area contributed by atoms with E-state index in [1.165, 1.54) is 4.09 Å². The molecule has 0 amide bonds. The van der Waals surface area contributed by atoms with Gasteiger partial charge < -0.3 is 10.5 Å². The zero-order valence-corrected chi connectivity index (χ0v) is 16.5. The number of aromatic nitrogens is 2. The van der Waals surface area contributed by atoms with Gasteiger partial charge in [-0.1, -0.05) is 0 Å². The average molecular weight is 424 g/mol. The van der Waals surface area contributed by atoms with Crippen LogP contribution in [0.25, 0.3) is 0 Å². The molecule has 7 nitrogen and oxygen atoms in total. The van der Waals surface area contributed by atoms with Gasteiger partial charge in [-0.3, -0.25) is 4.90 Å². The second-order valence-electron chi connectivity index (χ2n) is 8.08. The van der Waals surface area contributed by atoms with E-state index in [0.29, 0.717) is 44.7 Å². The van der Waals surface area contributed by atoms with Crippen LogP contribution in [0.5, 0.6) is 0 Å². The summed E-state index contributed by atoms with van der Waals surface area (Å²) in [7, 11) is -3.42. The highest BCUT2D eigenvalue weighted by Gasteiger charge is 2.42. The molecule has 0 radical (unpaired) electrons. The normalized spacial score (nSPS) is 27.9. The number of halogens is 2. The van der Waals surface area contributed by atoms with Gasteiger partial charge in [0.2, 0.25) is 0 Å². The molecule has 1 aromatic heterocycles. The predicted octanol–water partition coefficient (Wildman–Crippen LogP) is 1.67. The molecular weight excluding hydrogens is 402 g/mol. The molecule has 1 aliphatic carbocycles. The molecule has 1 saturated carbocycles. The van der Waals surface area contributed by atoms with Crippen molar-refractivity contribution < 1.29 is 21.9 Å². The molecule has 2 N–H and O–H groups in total. The maximum atomic E-state index is 14.1. The summed E-state index contributed by atoms with van der Waals surface area (Å²) in [6.45, 7) is 1.32. The number of hydrogen-bond acceptors (Lipinski definition) is 6. The molecule has 2 aromatic rings. The van der Waals surface area contributed by atoms with Crippen molar-refractivity contribution in [2.45, 2.75) is 55.8 Å². The molecule has 0 spiro atoms. The van der Waals surface area contributed by atoms with Crippen molar-refractivity contribution in [1.82, 2.24) is 14.1 Å². The number of fused-ring (bicyclic) bond motifs is 1. The molecule has 5 rings (SSSR count). The fourth-order valence-corrected chi connectivity index (χ4v) is 5.96. The molecule has 10 heteroatoms. The van der Waals surface area contributed by atoms with E-state index in [1.807, 2.05) is 0 Å². The molecule has 3 aliphatic rings. The lowest BCUT2D eigenvalue weighted by Gasteiger charge is -2.38. The molecule has 2 aliphatic heterocycles. The first-order chi connectivity index (χ1) is 13.8. The van der Waals surface area contributed by atoms with Crippen LogP contribution in [-0.4, -0.2) is 46.4 Å². The third kappa shape index (κ3) is 3.27. The lowest BCUT2D eigenvalue weighted by molar-refractivity contribution is -0.0533. The van der Waals surface area contributed by atoms with E-state index >= 15 is 0 Å². The summed E-state index contributed by atoms with van der Waals surface area (Å²) in [5.74, 6) is -1.07. The van der Waals surface area contributed by atoms with E-state index in [1.54, 1.807) is 6.20 Å². The molecule has 156 valence electrons. The summed E-state index contributed by atoms with van der Waals surface area (Å²) in [6, 6.07) is 2.73. The van der Waals surface area contributed by atoms with E-state index in [9.17, 15) is 17.2 Å². The molecule has 2 fully saturated rings. The Morgan fingerprint density at radius 3 is 2.72 bits per heavy atom. The van der Waals surface area contributed by atoms with Gasteiger partial charge in [0, 0.05) is 36.3 Å². The summed E-state index contributed by atoms with van der Waals surface area (Å²) >= 11 is 0. The highest BCUT2D eigenvalue weighted by Crippen LogP contribution is 2.36. The number of rotatable bonds is 4. The number of benzene rings is 1. The van der Waals surface area contributed by atoms with Crippen molar-refractivity contribution in [3.05, 3.63) is 52.9 Å². The topological polar surface area (TPSA) is 90.5 Å². The Balaban J connectivity index is 1.30. The first-order valence-electron chi connectivity index (χ1n) is 9.71. The lowest BCUT2D eigenvalue weighted by atomic mass is 9.93. The standard InChI is InChI=1S/C19H22F2N4O3S/c20-12-1-4-16(21)15(5-12)19-17(22)6-13(10-28-19)24-8-11-7-23-25(18(11)9-24)29(26,27)14-2-3-14/h1,4-5,7,13-14,17,19H,2-3,6,8-10,22H2/t13-,17+,19-/m1/s1. The van der Waals surface area contributed by atoms with Gasteiger partial charge in [0.05, 0.1) is 23.7 Å². The maximum Gasteiger partial charge on any atom is 0.256 e. The van der Waals surface area contributed by atoms with Gasteiger partial charge in [-0.05, 0) is 37.5 Å². The van der Waals surface area contributed by atoms with Crippen LogP contribution >= 0.6 is 0 Å². The Labute approximate surface area is 167 Å². The molecule has 0 unspecified atom stereocenters. The fraction of sp³-hybridized carbons (Fsp3) is 0.526. The summed E-state index contributed by atoms with van der Waals surface area (Å²) in [5, 5.41) is 3.78. The van der Waals surface area contributed by atoms with Gasteiger partial charge >= 0.3 is 0 Å². The van der Waals surface area contributed by atoms with Gasteiger partial charge in [0.25, 0.3) is 10.0 Å². The minimum atomic E-state index is -3.42. The van der Waals surface area contributed by atoms with Crippen LogP contribution in [0.1, 0.15) is 42.2 Å². The summed E-state index contributed by atoms with van der Waals surface area (Å²) in [6.07, 6.45) is 2.81. The van der Waals surface area contributed by atoms with Crippen LogP contribution < -0.4 is 5.73 Å². The van der Waals surface area contributed by atoms with Crippen molar-refractivity contribution in [3.8, 4) is 0 Å². The smallest absolute Gasteiger partial charge is 0.256 e. The van der Waals surface area contributed by atoms with Crippen molar-refractivity contribution in [3.63, 3.8) is 0 Å². The minimum absolute atomic E-state index is 0.0395. The van der Waals surface area contributed by atoms with Crippen LogP contribution in [-0.2, 0) is 27.8 Å². The molecule has 1 aromatic carbocycles. The number of ether oxygens (including phenoxy) is 1. The van der Waals surface area contributed by atoms with E-state index in [-0.39, 0.29) is 16.9 Å². The van der Waals surface area contributed by atoms with E-state index in [2.05, 4.69) is 10.00 Å². The molecule has 29 heavy (non-hydrogen) atoms. The van der Waals surface area contributed by atoms with Crippen LogP contribution in [0.4, 0.5) is 8.78 Å². The van der Waals surface area contributed by atoms with Gasteiger partial charge in [0.15, 0.2) is 0 Å². The van der Waals surface area contributed by atoms with Gasteiger partial charge in [0.1, 0.15) is 17.7 Å². The highest BCUT2D eigenvalue weighted by atomic mass is 32.2. The van der Waals surface area contributed by atoms with Gasteiger partial charge in [-0.2, -0.15) is 9.19 Å². The summed E-state index contributed by atoms with van der Waals surface area (Å²) in [5.41, 5.74) is 7.98. The predicted molar refractivity (Wildman–Crippen MR) is 100 cm³/mol. The van der Waals surface area contributed by atoms with E-state index in [4.69, 9.17) is 10.5 Å². The molecular formula is C19H22F2N4O3S. The zero-order valence-electron chi connectivity index (χ0n) is 15.7. The Morgan fingerprint density at radius 1 is 1.21 bits per heavy atom. The van der Waals surface area contributed by atoms with Crippen molar-refractivity contribution >= 4 is 10.0 Å². The van der Waals surface area contributed by atoms with Crippen LogP contribution in [0.2, 0.25) is 0 Å². The van der Waals surface area contributed by atoms with Crippen LogP contribution in [0.15, 0.2) is 24.4 Å². The molecule has 3 atom stereocenters. The third-order valence-electron chi connectivity index (χ3n) is 6.02.